The van der Waals surface area contributed by atoms with Gasteiger partial charge < -0.3 is 10.6 Å². The highest BCUT2D eigenvalue weighted by Gasteiger charge is 2.26. The molecule has 0 saturated heterocycles. The van der Waals surface area contributed by atoms with Crippen molar-refractivity contribution in [2.45, 2.75) is 26.2 Å². The third-order valence-corrected chi connectivity index (χ3v) is 3.53. The van der Waals surface area contributed by atoms with Gasteiger partial charge in [0.1, 0.15) is 0 Å². The average molecular weight is 239 g/mol. The summed E-state index contributed by atoms with van der Waals surface area (Å²) in [6.07, 6.45) is 2.93. The molecular weight excluding hydrogens is 222 g/mol. The second kappa shape index (κ2) is 4.82. The maximum absolute atomic E-state index is 12.0. The lowest BCUT2D eigenvalue weighted by atomic mass is 10.2. The first-order valence-electron chi connectivity index (χ1n) is 5.66. The van der Waals surface area contributed by atoms with Crippen molar-refractivity contribution in [3.05, 3.63) is 11.1 Å². The average Bonchev–Trinajstić information content (AvgIpc) is 2.98. The highest BCUT2D eigenvalue weighted by atomic mass is 32.1. The van der Waals surface area contributed by atoms with Crippen LogP contribution in [0.3, 0.4) is 0 Å². The van der Waals surface area contributed by atoms with Crippen LogP contribution in [0.5, 0.6) is 0 Å². The number of carbonyl (C=O) groups excluding carboxylic acids is 1. The molecule has 1 aliphatic carbocycles. The van der Waals surface area contributed by atoms with Crippen LogP contribution in [0.4, 0.5) is 5.13 Å². The highest BCUT2D eigenvalue weighted by molar-refractivity contribution is 7.13. The molecule has 1 aromatic heterocycles. The smallest absolute Gasteiger partial charge is 0.228 e. The third-order valence-electron chi connectivity index (χ3n) is 2.81. The summed E-state index contributed by atoms with van der Waals surface area (Å²) in [6.45, 7) is 3.72. The first-order chi connectivity index (χ1) is 7.69. The van der Waals surface area contributed by atoms with Crippen molar-refractivity contribution in [3.63, 3.8) is 0 Å². The van der Waals surface area contributed by atoms with Crippen LogP contribution in [0, 0.1) is 5.92 Å². The van der Waals surface area contributed by atoms with Crippen molar-refractivity contribution < 1.29 is 4.79 Å². The predicted octanol–water partition coefficient (Wildman–Crippen LogP) is 1.53. The van der Waals surface area contributed by atoms with E-state index in [1.54, 1.807) is 0 Å². The van der Waals surface area contributed by atoms with Crippen LogP contribution in [0.15, 0.2) is 5.38 Å². The van der Waals surface area contributed by atoms with E-state index in [0.717, 1.165) is 24.7 Å². The van der Waals surface area contributed by atoms with E-state index in [1.807, 2.05) is 17.2 Å². The maximum atomic E-state index is 12.0. The van der Waals surface area contributed by atoms with Gasteiger partial charge in [0.05, 0.1) is 12.1 Å². The molecular formula is C11H17N3OS. The second-order valence-electron chi connectivity index (χ2n) is 4.23. The number of amides is 1. The number of anilines is 1. The van der Waals surface area contributed by atoms with Gasteiger partial charge in [-0.15, -0.1) is 11.3 Å². The Labute approximate surface area is 99.5 Å². The summed E-state index contributed by atoms with van der Waals surface area (Å²) >= 11 is 1.39. The van der Waals surface area contributed by atoms with Gasteiger partial charge >= 0.3 is 0 Å². The van der Waals surface area contributed by atoms with E-state index in [0.29, 0.717) is 11.6 Å². The molecule has 5 heteroatoms. The minimum absolute atomic E-state index is 0.166. The Hall–Kier alpha value is -1.10. The number of nitrogens with zero attached hydrogens (tertiary/aromatic N) is 2. The molecule has 1 amide bonds. The molecule has 16 heavy (non-hydrogen) atoms. The Morgan fingerprint density at radius 3 is 2.94 bits per heavy atom. The first kappa shape index (κ1) is 11.4. The zero-order valence-electron chi connectivity index (χ0n) is 9.48. The number of carbonyl (C=O) groups is 1. The van der Waals surface area contributed by atoms with Crippen LogP contribution in [-0.2, 0) is 11.2 Å². The number of nitrogens with two attached hydrogens (primary N) is 1. The van der Waals surface area contributed by atoms with E-state index >= 15 is 0 Å². The molecule has 1 aliphatic rings. The molecule has 0 aliphatic heterocycles. The number of likely N-dealkylation sites (N-methyl/N-ethyl adjacent to an activating group) is 1. The zero-order chi connectivity index (χ0) is 11.5. The van der Waals surface area contributed by atoms with E-state index in [-0.39, 0.29) is 5.91 Å². The van der Waals surface area contributed by atoms with Crippen LogP contribution in [0.2, 0.25) is 0 Å². The summed E-state index contributed by atoms with van der Waals surface area (Å²) in [4.78, 5) is 18.0. The second-order valence-corrected chi connectivity index (χ2v) is 5.12. The van der Waals surface area contributed by atoms with Crippen LogP contribution in [0.1, 0.15) is 25.5 Å². The monoisotopic (exact) mass is 239 g/mol. The minimum Gasteiger partial charge on any atom is -0.375 e. The Balaban J connectivity index is 1.89. The van der Waals surface area contributed by atoms with Gasteiger partial charge in [0.15, 0.2) is 5.13 Å². The number of aromatic nitrogens is 1. The molecule has 0 bridgehead atoms. The summed E-state index contributed by atoms with van der Waals surface area (Å²) < 4.78 is 0. The fourth-order valence-corrected chi connectivity index (χ4v) is 2.25. The first-order valence-corrected chi connectivity index (χ1v) is 6.54. The van der Waals surface area contributed by atoms with Crippen LogP contribution >= 0.6 is 11.3 Å². The van der Waals surface area contributed by atoms with Gasteiger partial charge in [-0.05, 0) is 25.7 Å². The Morgan fingerprint density at radius 2 is 2.44 bits per heavy atom. The van der Waals surface area contributed by atoms with Gasteiger partial charge in [-0.25, -0.2) is 4.98 Å². The maximum Gasteiger partial charge on any atom is 0.228 e. The molecule has 2 rings (SSSR count). The molecule has 0 unspecified atom stereocenters. The Morgan fingerprint density at radius 1 is 1.69 bits per heavy atom. The topological polar surface area (TPSA) is 59.2 Å². The van der Waals surface area contributed by atoms with Gasteiger partial charge in [-0.3, -0.25) is 4.79 Å². The van der Waals surface area contributed by atoms with Gasteiger partial charge in [0.25, 0.3) is 0 Å². The fraction of sp³-hybridized carbons (Fsp3) is 0.636. The molecule has 0 spiro atoms. The molecule has 1 fully saturated rings. The van der Waals surface area contributed by atoms with Crippen LogP contribution in [-0.4, -0.2) is 28.9 Å². The highest BCUT2D eigenvalue weighted by Crippen LogP contribution is 2.29. The molecule has 1 aromatic rings. The molecule has 0 radical (unpaired) electrons. The standard InChI is InChI=1S/C11H17N3OS/c1-2-14(6-8-3-4-8)10(15)5-9-7-16-11(12)13-9/h7-8H,2-6H2,1H3,(H2,12,13). The van der Waals surface area contributed by atoms with Crippen LogP contribution < -0.4 is 5.73 Å². The van der Waals surface area contributed by atoms with E-state index in [2.05, 4.69) is 4.98 Å². The third kappa shape index (κ3) is 2.95. The predicted molar refractivity (Wildman–Crippen MR) is 65.2 cm³/mol. The van der Waals surface area contributed by atoms with Crippen molar-refractivity contribution in [2.75, 3.05) is 18.8 Å². The number of thiazole rings is 1. The van der Waals surface area contributed by atoms with Crippen molar-refractivity contribution >= 4 is 22.4 Å². The number of rotatable bonds is 5. The van der Waals surface area contributed by atoms with Crippen molar-refractivity contribution in [2.24, 2.45) is 5.92 Å². The quantitative estimate of drug-likeness (QED) is 0.847. The summed E-state index contributed by atoms with van der Waals surface area (Å²) in [5, 5.41) is 2.39. The number of hydrogen-bond acceptors (Lipinski definition) is 4. The van der Waals surface area contributed by atoms with Gasteiger partial charge in [-0.1, -0.05) is 0 Å². The van der Waals surface area contributed by atoms with Crippen molar-refractivity contribution in [1.82, 2.24) is 9.88 Å². The normalized spacial score (nSPS) is 15.1. The largest absolute Gasteiger partial charge is 0.375 e. The SMILES string of the molecule is CCN(CC1CC1)C(=O)Cc1csc(N)n1. The molecule has 1 saturated carbocycles. The lowest BCUT2D eigenvalue weighted by Crippen LogP contribution is -2.33. The van der Waals surface area contributed by atoms with Crippen LogP contribution in [0.25, 0.3) is 0 Å². The minimum atomic E-state index is 0.166. The summed E-state index contributed by atoms with van der Waals surface area (Å²) in [5.74, 6) is 0.907. The van der Waals surface area contributed by atoms with Gasteiger partial charge in [0.2, 0.25) is 5.91 Å². The lowest BCUT2D eigenvalue weighted by molar-refractivity contribution is -0.130. The molecule has 0 atom stereocenters. The Kier molecular flexibility index (Phi) is 3.43. The molecule has 4 nitrogen and oxygen atoms in total. The van der Waals surface area contributed by atoms with E-state index < -0.39 is 0 Å². The van der Waals surface area contributed by atoms with E-state index in [1.165, 1.54) is 24.2 Å². The van der Waals surface area contributed by atoms with Crippen molar-refractivity contribution in [1.29, 1.82) is 0 Å². The molecule has 2 N–H and O–H groups in total. The van der Waals surface area contributed by atoms with E-state index in [4.69, 9.17) is 5.73 Å². The molecule has 0 aromatic carbocycles. The van der Waals surface area contributed by atoms with Gasteiger partial charge in [0, 0.05) is 18.5 Å². The Bertz CT molecular complexity index is 373. The summed E-state index contributed by atoms with van der Waals surface area (Å²) in [6, 6.07) is 0. The van der Waals surface area contributed by atoms with Gasteiger partial charge in [-0.2, -0.15) is 0 Å². The molecule has 88 valence electrons. The van der Waals surface area contributed by atoms with Crippen molar-refractivity contribution in [3.8, 4) is 0 Å². The molecule has 1 heterocycles. The summed E-state index contributed by atoms with van der Waals surface area (Å²) in [5.41, 5.74) is 6.33. The zero-order valence-corrected chi connectivity index (χ0v) is 10.3. The van der Waals surface area contributed by atoms with E-state index in [9.17, 15) is 4.79 Å². The summed E-state index contributed by atoms with van der Waals surface area (Å²) in [7, 11) is 0. The number of nitrogen functional groups attached to an aromatic ring is 1. The number of hydrogen-bond donors (Lipinski definition) is 1. The fourth-order valence-electron chi connectivity index (χ4n) is 1.69. The lowest BCUT2D eigenvalue weighted by Gasteiger charge is -2.20.